The smallest absolute Gasteiger partial charge is 0.169 e. The van der Waals surface area contributed by atoms with Crippen LogP contribution in [0.25, 0.3) is 10.9 Å². The average molecular weight is 433 g/mol. The molecule has 0 fully saturated rings. The fraction of sp³-hybridized carbons (Fsp3) is 0.200. The molecule has 0 amide bonds. The number of aryl methyl sites for hydroxylation is 1. The number of nitrogens with zero attached hydrogens (tertiary/aromatic N) is 2. The van der Waals surface area contributed by atoms with E-state index < -0.39 is 0 Å². The molecule has 0 saturated carbocycles. The van der Waals surface area contributed by atoms with E-state index in [1.807, 2.05) is 37.3 Å². The first-order valence-electron chi connectivity index (χ1n) is 10.3. The van der Waals surface area contributed by atoms with Crippen molar-refractivity contribution >= 4 is 28.2 Å². The SMILES string of the molecule is Cc1[nH]c2ccc(F)cc2c1CCN(Cc1ccncc1)C(=S)NCc1ccccc1. The van der Waals surface area contributed by atoms with Crippen LogP contribution in [0.3, 0.4) is 0 Å². The predicted molar refractivity (Wildman–Crippen MR) is 127 cm³/mol. The van der Waals surface area contributed by atoms with E-state index in [4.69, 9.17) is 12.2 Å². The number of aromatic amines is 1. The number of hydrogen-bond acceptors (Lipinski definition) is 2. The number of benzene rings is 2. The van der Waals surface area contributed by atoms with Crippen molar-refractivity contribution in [2.24, 2.45) is 0 Å². The fourth-order valence-corrected chi connectivity index (χ4v) is 4.00. The first-order chi connectivity index (χ1) is 15.1. The van der Waals surface area contributed by atoms with Crippen LogP contribution in [0.4, 0.5) is 4.39 Å². The summed E-state index contributed by atoms with van der Waals surface area (Å²) in [6.07, 6.45) is 4.34. The topological polar surface area (TPSA) is 44.0 Å². The lowest BCUT2D eigenvalue weighted by Gasteiger charge is -2.26. The quantitative estimate of drug-likeness (QED) is 0.398. The number of fused-ring (bicyclic) bond motifs is 1. The Morgan fingerprint density at radius 1 is 1.06 bits per heavy atom. The van der Waals surface area contributed by atoms with E-state index in [1.165, 1.54) is 11.6 Å². The summed E-state index contributed by atoms with van der Waals surface area (Å²) >= 11 is 5.75. The highest BCUT2D eigenvalue weighted by atomic mass is 32.1. The van der Waals surface area contributed by atoms with Crippen LogP contribution in [0, 0.1) is 12.7 Å². The normalized spacial score (nSPS) is 10.9. The Balaban J connectivity index is 1.51. The predicted octanol–water partition coefficient (Wildman–Crippen LogP) is 5.13. The second kappa shape index (κ2) is 9.71. The molecule has 2 aromatic heterocycles. The zero-order valence-electron chi connectivity index (χ0n) is 17.4. The number of pyridine rings is 1. The molecule has 158 valence electrons. The first kappa shape index (κ1) is 21.0. The molecule has 4 nitrogen and oxygen atoms in total. The third kappa shape index (κ3) is 5.27. The van der Waals surface area contributed by atoms with Crippen molar-refractivity contribution in [3.05, 3.63) is 101 Å². The first-order valence-corrected chi connectivity index (χ1v) is 10.7. The number of nitrogens with one attached hydrogen (secondary N) is 2. The minimum Gasteiger partial charge on any atom is -0.358 e. The Kier molecular flexibility index (Phi) is 6.57. The molecular weight excluding hydrogens is 407 g/mol. The van der Waals surface area contributed by atoms with Crippen molar-refractivity contribution in [2.75, 3.05) is 6.54 Å². The van der Waals surface area contributed by atoms with Crippen LogP contribution in [0.5, 0.6) is 0 Å². The van der Waals surface area contributed by atoms with Crippen LogP contribution in [-0.2, 0) is 19.5 Å². The molecule has 2 heterocycles. The van der Waals surface area contributed by atoms with Crippen molar-refractivity contribution in [1.29, 1.82) is 0 Å². The van der Waals surface area contributed by atoms with Gasteiger partial charge in [-0.15, -0.1) is 0 Å². The van der Waals surface area contributed by atoms with Crippen LogP contribution in [-0.4, -0.2) is 26.5 Å². The van der Waals surface area contributed by atoms with Crippen molar-refractivity contribution < 1.29 is 4.39 Å². The van der Waals surface area contributed by atoms with Crippen LogP contribution in [0.1, 0.15) is 22.4 Å². The number of thiocarbonyl (C=S) groups is 1. The van der Waals surface area contributed by atoms with Crippen molar-refractivity contribution in [2.45, 2.75) is 26.4 Å². The van der Waals surface area contributed by atoms with Gasteiger partial charge in [0, 0.05) is 48.6 Å². The molecule has 0 aliphatic carbocycles. The number of rotatable bonds is 7. The monoisotopic (exact) mass is 432 g/mol. The lowest BCUT2D eigenvalue weighted by atomic mass is 10.1. The minimum absolute atomic E-state index is 0.221. The molecule has 0 radical (unpaired) electrons. The standard InChI is InChI=1S/C25H25FN4S/c1-18-22(23-15-21(26)7-8-24(23)29-18)11-14-30(17-20-9-12-27-13-10-20)25(31)28-16-19-5-3-2-4-6-19/h2-10,12-13,15,29H,11,14,16-17H2,1H3,(H,28,31). The average Bonchev–Trinajstić information content (AvgIpc) is 3.10. The van der Waals surface area contributed by atoms with Gasteiger partial charge in [0.15, 0.2) is 5.11 Å². The lowest BCUT2D eigenvalue weighted by Crippen LogP contribution is -2.40. The van der Waals surface area contributed by atoms with E-state index in [1.54, 1.807) is 24.5 Å². The zero-order valence-corrected chi connectivity index (χ0v) is 18.3. The highest BCUT2D eigenvalue weighted by Gasteiger charge is 2.14. The van der Waals surface area contributed by atoms with Gasteiger partial charge in [-0.1, -0.05) is 30.3 Å². The van der Waals surface area contributed by atoms with Crippen LogP contribution in [0.2, 0.25) is 0 Å². The van der Waals surface area contributed by atoms with E-state index in [9.17, 15) is 4.39 Å². The maximum absolute atomic E-state index is 13.8. The molecule has 31 heavy (non-hydrogen) atoms. The second-order valence-corrected chi connectivity index (χ2v) is 7.98. The van der Waals surface area contributed by atoms with Gasteiger partial charge >= 0.3 is 0 Å². The Bertz CT molecular complexity index is 1160. The molecule has 2 aromatic carbocycles. The zero-order chi connectivity index (χ0) is 21.6. The maximum atomic E-state index is 13.8. The van der Waals surface area contributed by atoms with Crippen LogP contribution < -0.4 is 5.32 Å². The highest BCUT2D eigenvalue weighted by Crippen LogP contribution is 2.24. The molecule has 0 unspecified atom stereocenters. The molecule has 0 aliphatic rings. The molecule has 2 N–H and O–H groups in total. The number of H-pyrrole nitrogens is 1. The van der Waals surface area contributed by atoms with E-state index in [-0.39, 0.29) is 5.82 Å². The second-order valence-electron chi connectivity index (χ2n) is 7.59. The highest BCUT2D eigenvalue weighted by molar-refractivity contribution is 7.80. The van der Waals surface area contributed by atoms with E-state index >= 15 is 0 Å². The van der Waals surface area contributed by atoms with E-state index in [2.05, 4.69) is 32.3 Å². The Hall–Kier alpha value is -3.25. The molecule has 0 saturated heterocycles. The molecule has 0 aliphatic heterocycles. The summed E-state index contributed by atoms with van der Waals surface area (Å²) in [4.78, 5) is 9.63. The van der Waals surface area contributed by atoms with Gasteiger partial charge < -0.3 is 15.2 Å². The molecule has 4 aromatic rings. The summed E-state index contributed by atoms with van der Waals surface area (Å²) in [5, 5.41) is 5.02. The Labute approximate surface area is 187 Å². The number of hydrogen-bond donors (Lipinski definition) is 2. The molecule has 4 rings (SSSR count). The third-order valence-electron chi connectivity index (χ3n) is 5.41. The molecule has 6 heteroatoms. The largest absolute Gasteiger partial charge is 0.358 e. The summed E-state index contributed by atoms with van der Waals surface area (Å²) in [7, 11) is 0. The fourth-order valence-electron chi connectivity index (χ4n) is 3.77. The maximum Gasteiger partial charge on any atom is 0.169 e. The molecule has 0 bridgehead atoms. The number of aromatic nitrogens is 2. The summed E-state index contributed by atoms with van der Waals surface area (Å²) in [5.74, 6) is -0.221. The number of halogens is 1. The van der Waals surface area contributed by atoms with Gasteiger partial charge in [0.2, 0.25) is 0 Å². The third-order valence-corrected chi connectivity index (χ3v) is 5.81. The van der Waals surface area contributed by atoms with E-state index in [0.717, 1.165) is 34.1 Å². The van der Waals surface area contributed by atoms with Crippen LogP contribution in [0.15, 0.2) is 73.1 Å². The van der Waals surface area contributed by atoms with Crippen molar-refractivity contribution in [3.8, 4) is 0 Å². The van der Waals surface area contributed by atoms with Gasteiger partial charge in [0.1, 0.15) is 5.82 Å². The summed E-state index contributed by atoms with van der Waals surface area (Å²) in [5.41, 5.74) is 5.46. The van der Waals surface area contributed by atoms with E-state index in [0.29, 0.717) is 24.7 Å². The Morgan fingerprint density at radius 3 is 2.61 bits per heavy atom. The van der Waals surface area contributed by atoms with Gasteiger partial charge in [0.25, 0.3) is 0 Å². The van der Waals surface area contributed by atoms with Crippen LogP contribution >= 0.6 is 12.2 Å². The van der Waals surface area contributed by atoms with Crippen molar-refractivity contribution in [1.82, 2.24) is 20.2 Å². The van der Waals surface area contributed by atoms with Gasteiger partial charge in [-0.05, 0) is 72.6 Å². The summed E-state index contributed by atoms with van der Waals surface area (Å²) in [6.45, 7) is 4.10. The van der Waals surface area contributed by atoms with Gasteiger partial charge in [-0.2, -0.15) is 0 Å². The Morgan fingerprint density at radius 2 is 1.84 bits per heavy atom. The van der Waals surface area contributed by atoms with Gasteiger partial charge in [-0.25, -0.2) is 4.39 Å². The summed E-state index contributed by atoms with van der Waals surface area (Å²) in [6, 6.07) is 19.1. The molecular formula is C25H25FN4S. The summed E-state index contributed by atoms with van der Waals surface area (Å²) < 4.78 is 13.8. The molecule has 0 atom stereocenters. The van der Waals surface area contributed by atoms with Crippen molar-refractivity contribution in [3.63, 3.8) is 0 Å². The molecule has 0 spiro atoms. The van der Waals surface area contributed by atoms with Gasteiger partial charge in [-0.3, -0.25) is 4.98 Å². The van der Waals surface area contributed by atoms with Gasteiger partial charge in [0.05, 0.1) is 0 Å². The minimum atomic E-state index is -0.221. The lowest BCUT2D eigenvalue weighted by molar-refractivity contribution is 0.409.